The lowest BCUT2D eigenvalue weighted by atomic mass is 9.82. The number of hydrogen-bond acceptors (Lipinski definition) is 4. The summed E-state index contributed by atoms with van der Waals surface area (Å²) < 4.78 is 0. The molecule has 0 unspecified atom stereocenters. The van der Waals surface area contributed by atoms with Crippen LogP contribution in [0.2, 0.25) is 0 Å². The van der Waals surface area contributed by atoms with Gasteiger partial charge in [0.2, 0.25) is 5.91 Å². The molecule has 0 bridgehead atoms. The van der Waals surface area contributed by atoms with Crippen LogP contribution >= 0.6 is 11.3 Å². The van der Waals surface area contributed by atoms with Crippen molar-refractivity contribution in [1.29, 1.82) is 5.26 Å². The molecule has 0 radical (unpaired) electrons. The van der Waals surface area contributed by atoms with E-state index in [1.54, 1.807) is 11.3 Å². The summed E-state index contributed by atoms with van der Waals surface area (Å²) in [7, 11) is 0. The Labute approximate surface area is 165 Å². The SMILES string of the molecule is Cc1ccc([C@H](N[C@@H](C)C(=O)NC2(C#N)CCCCC2)c2cccs2)cc1. The Hall–Kier alpha value is -2.16. The standard InChI is InChI=1S/C22H27N3OS/c1-16-8-10-18(11-9-16)20(19-7-6-14-27-19)24-17(2)21(26)25-22(15-23)12-4-3-5-13-22/h6-11,14,17,20,24H,3-5,12-13H2,1-2H3,(H,25,26)/t17-,20-/m0/s1. The second-order valence-electron chi connectivity index (χ2n) is 7.49. The largest absolute Gasteiger partial charge is 0.336 e. The van der Waals surface area contributed by atoms with Crippen molar-refractivity contribution in [3.63, 3.8) is 0 Å². The van der Waals surface area contributed by atoms with Crippen molar-refractivity contribution in [1.82, 2.24) is 10.6 Å². The Bertz CT molecular complexity index is 786. The predicted molar refractivity (Wildman–Crippen MR) is 110 cm³/mol. The number of nitrogens with zero attached hydrogens (tertiary/aromatic N) is 1. The lowest BCUT2D eigenvalue weighted by molar-refractivity contribution is -0.124. The second kappa shape index (κ2) is 8.69. The van der Waals surface area contributed by atoms with Crippen LogP contribution in [0.15, 0.2) is 41.8 Å². The van der Waals surface area contributed by atoms with Gasteiger partial charge in [0, 0.05) is 4.88 Å². The van der Waals surface area contributed by atoms with Crippen LogP contribution in [0.3, 0.4) is 0 Å². The first-order chi connectivity index (χ1) is 13.0. The number of carbonyl (C=O) groups excluding carboxylic acids is 1. The third-order valence-corrected chi connectivity index (χ3v) is 6.27. The van der Waals surface area contributed by atoms with Gasteiger partial charge < -0.3 is 5.32 Å². The average molecular weight is 382 g/mol. The molecule has 1 aromatic heterocycles. The first-order valence-electron chi connectivity index (χ1n) is 9.62. The Balaban J connectivity index is 1.74. The minimum atomic E-state index is -0.701. The van der Waals surface area contributed by atoms with Gasteiger partial charge >= 0.3 is 0 Å². The number of nitrogens with one attached hydrogen (secondary N) is 2. The van der Waals surface area contributed by atoms with E-state index in [-0.39, 0.29) is 11.9 Å². The summed E-state index contributed by atoms with van der Waals surface area (Å²) in [6.07, 6.45) is 4.62. The zero-order valence-electron chi connectivity index (χ0n) is 16.0. The van der Waals surface area contributed by atoms with Crippen LogP contribution in [0, 0.1) is 18.3 Å². The minimum absolute atomic E-state index is 0.0456. The topological polar surface area (TPSA) is 64.9 Å². The van der Waals surface area contributed by atoms with E-state index in [9.17, 15) is 10.1 Å². The smallest absolute Gasteiger partial charge is 0.238 e. The Morgan fingerprint density at radius 3 is 2.48 bits per heavy atom. The fraction of sp³-hybridized carbons (Fsp3) is 0.455. The zero-order chi connectivity index (χ0) is 19.3. The van der Waals surface area contributed by atoms with Crippen LogP contribution in [-0.2, 0) is 4.79 Å². The number of carbonyl (C=O) groups is 1. The average Bonchev–Trinajstić information content (AvgIpc) is 3.22. The molecule has 1 amide bonds. The maximum absolute atomic E-state index is 12.8. The fourth-order valence-corrected chi connectivity index (χ4v) is 4.46. The van der Waals surface area contributed by atoms with Crippen LogP contribution in [0.5, 0.6) is 0 Å². The molecule has 1 saturated carbocycles. The van der Waals surface area contributed by atoms with Crippen molar-refractivity contribution < 1.29 is 4.79 Å². The molecule has 2 atom stereocenters. The van der Waals surface area contributed by atoms with Gasteiger partial charge in [-0.05, 0) is 43.7 Å². The highest BCUT2D eigenvalue weighted by atomic mass is 32.1. The summed E-state index contributed by atoms with van der Waals surface area (Å²) in [4.78, 5) is 14.0. The van der Waals surface area contributed by atoms with Crippen LogP contribution in [0.25, 0.3) is 0 Å². The molecule has 1 heterocycles. The number of hydrogen-bond donors (Lipinski definition) is 2. The van der Waals surface area contributed by atoms with Gasteiger partial charge in [0.15, 0.2) is 0 Å². The first kappa shape index (κ1) is 19.6. The molecule has 27 heavy (non-hydrogen) atoms. The molecule has 5 heteroatoms. The van der Waals surface area contributed by atoms with Crippen molar-refractivity contribution in [2.75, 3.05) is 0 Å². The highest BCUT2D eigenvalue weighted by Gasteiger charge is 2.35. The molecule has 1 fully saturated rings. The summed E-state index contributed by atoms with van der Waals surface area (Å²) in [5.41, 5.74) is 1.64. The minimum Gasteiger partial charge on any atom is -0.336 e. The first-order valence-corrected chi connectivity index (χ1v) is 10.5. The van der Waals surface area contributed by atoms with Gasteiger partial charge in [-0.3, -0.25) is 10.1 Å². The van der Waals surface area contributed by atoms with Crippen LogP contribution < -0.4 is 10.6 Å². The van der Waals surface area contributed by atoms with Gasteiger partial charge in [0.1, 0.15) is 5.54 Å². The van der Waals surface area contributed by atoms with Gasteiger partial charge in [-0.15, -0.1) is 11.3 Å². The third-order valence-electron chi connectivity index (χ3n) is 5.33. The normalized spacial score (nSPS) is 18.3. The Kier molecular flexibility index (Phi) is 6.30. The van der Waals surface area contributed by atoms with E-state index < -0.39 is 11.6 Å². The van der Waals surface area contributed by atoms with Crippen molar-refractivity contribution >= 4 is 17.2 Å². The molecule has 0 saturated heterocycles. The molecule has 2 N–H and O–H groups in total. The van der Waals surface area contributed by atoms with Crippen molar-refractivity contribution in [3.8, 4) is 6.07 Å². The molecular weight excluding hydrogens is 354 g/mol. The molecule has 4 nitrogen and oxygen atoms in total. The Morgan fingerprint density at radius 2 is 1.89 bits per heavy atom. The highest BCUT2D eigenvalue weighted by molar-refractivity contribution is 7.10. The molecule has 142 valence electrons. The molecule has 0 aliphatic heterocycles. The Morgan fingerprint density at radius 1 is 1.19 bits per heavy atom. The number of rotatable bonds is 6. The maximum atomic E-state index is 12.8. The second-order valence-corrected chi connectivity index (χ2v) is 8.47. The van der Waals surface area contributed by atoms with Gasteiger partial charge in [0.25, 0.3) is 0 Å². The van der Waals surface area contributed by atoms with Gasteiger partial charge in [-0.25, -0.2) is 0 Å². The van der Waals surface area contributed by atoms with E-state index in [4.69, 9.17) is 0 Å². The molecule has 3 rings (SSSR count). The molecule has 1 aromatic carbocycles. The predicted octanol–water partition coefficient (Wildman–Crippen LogP) is 4.47. The molecule has 1 aliphatic rings. The molecular formula is C22H27N3OS. The lowest BCUT2D eigenvalue weighted by Crippen LogP contribution is -2.54. The molecule has 1 aliphatic carbocycles. The van der Waals surface area contributed by atoms with Crippen molar-refractivity contribution in [2.24, 2.45) is 0 Å². The van der Waals surface area contributed by atoms with Crippen LogP contribution in [0.1, 0.15) is 61.1 Å². The van der Waals surface area contributed by atoms with E-state index in [0.717, 1.165) is 37.7 Å². The number of nitriles is 1. The quantitative estimate of drug-likeness (QED) is 0.776. The van der Waals surface area contributed by atoms with E-state index in [1.807, 2.05) is 13.0 Å². The summed E-state index contributed by atoms with van der Waals surface area (Å²) in [6, 6.07) is 14.4. The van der Waals surface area contributed by atoms with Gasteiger partial charge in [-0.2, -0.15) is 5.26 Å². The lowest BCUT2D eigenvalue weighted by Gasteiger charge is -2.33. The van der Waals surface area contributed by atoms with Crippen molar-refractivity contribution in [2.45, 2.75) is 63.6 Å². The van der Waals surface area contributed by atoms with Crippen molar-refractivity contribution in [3.05, 3.63) is 57.8 Å². The summed E-state index contributed by atoms with van der Waals surface area (Å²) in [5.74, 6) is -0.105. The monoisotopic (exact) mass is 381 g/mol. The summed E-state index contributed by atoms with van der Waals surface area (Å²) in [5, 5.41) is 18.2. The number of thiophene rings is 1. The van der Waals surface area contributed by atoms with E-state index >= 15 is 0 Å². The summed E-state index contributed by atoms with van der Waals surface area (Å²) in [6.45, 7) is 3.94. The fourth-order valence-electron chi connectivity index (χ4n) is 3.65. The molecule has 0 spiro atoms. The van der Waals surface area contributed by atoms with E-state index in [2.05, 4.69) is 59.3 Å². The zero-order valence-corrected chi connectivity index (χ0v) is 16.8. The number of benzene rings is 1. The highest BCUT2D eigenvalue weighted by Crippen LogP contribution is 2.29. The van der Waals surface area contributed by atoms with E-state index in [0.29, 0.717) is 0 Å². The van der Waals surface area contributed by atoms with E-state index in [1.165, 1.54) is 10.4 Å². The maximum Gasteiger partial charge on any atom is 0.238 e. The summed E-state index contributed by atoms with van der Waals surface area (Å²) >= 11 is 1.68. The third kappa shape index (κ3) is 4.77. The van der Waals surface area contributed by atoms with Crippen LogP contribution in [-0.4, -0.2) is 17.5 Å². The number of aryl methyl sites for hydroxylation is 1. The van der Waals surface area contributed by atoms with Gasteiger partial charge in [0.05, 0.1) is 18.2 Å². The number of amides is 1. The molecule has 2 aromatic rings. The van der Waals surface area contributed by atoms with Crippen LogP contribution in [0.4, 0.5) is 0 Å². The van der Waals surface area contributed by atoms with Gasteiger partial charge in [-0.1, -0.05) is 55.2 Å².